The molecular weight excluding hydrogens is 468 g/mol. The third-order valence-electron chi connectivity index (χ3n) is 7.07. The van der Waals surface area contributed by atoms with Gasteiger partial charge in [0.1, 0.15) is 24.1 Å². The minimum Gasteiger partial charge on any atom is -0.489 e. The second-order valence-electron chi connectivity index (χ2n) is 9.56. The Hall–Kier alpha value is -4.31. The number of aromatic amines is 1. The number of hydrogen-bond acceptors (Lipinski definition) is 8. The second kappa shape index (κ2) is 9.62. The number of nitrogens with one attached hydrogen (secondary N) is 3. The number of ether oxygens (including phenoxy) is 1. The molecule has 1 aromatic carbocycles. The molecule has 37 heavy (non-hydrogen) atoms. The van der Waals surface area contributed by atoms with Crippen molar-refractivity contribution < 1.29 is 9.53 Å². The normalized spacial score (nSPS) is 18.6. The Kier molecular flexibility index (Phi) is 6.01. The average molecular weight is 497 g/mol. The van der Waals surface area contributed by atoms with E-state index in [1.807, 2.05) is 48.5 Å². The van der Waals surface area contributed by atoms with E-state index < -0.39 is 5.54 Å². The van der Waals surface area contributed by atoms with Crippen molar-refractivity contribution in [3.63, 3.8) is 0 Å². The molecule has 1 saturated heterocycles. The van der Waals surface area contributed by atoms with Crippen LogP contribution < -0.4 is 15.4 Å². The molecule has 0 spiro atoms. The Balaban J connectivity index is 1.24. The van der Waals surface area contributed by atoms with Crippen LogP contribution >= 0.6 is 0 Å². The van der Waals surface area contributed by atoms with Crippen molar-refractivity contribution in [1.29, 1.82) is 0 Å². The number of anilines is 1. The number of H-pyrrole nitrogens is 1. The smallest absolute Gasteiger partial charge is 0.252 e. The standard InChI is InChI=1S/C27H28N8O2/c1-35-14-9-27(10-15-35,26-31-24(33-34-26)18-7-12-28-13-8-18)32-20-5-2-4-19(16-20)25(36)30-21-17-37-22-6-3-11-29-23(21)22/h2-8,11-13,16,21,32H,9-10,14-15,17H2,1H3,(H,30,36)(H,31,33,34)/t21-/m1/s1. The summed E-state index contributed by atoms with van der Waals surface area (Å²) in [6.45, 7) is 2.19. The third kappa shape index (κ3) is 4.63. The quantitative estimate of drug-likeness (QED) is 0.372. The molecule has 5 heterocycles. The summed E-state index contributed by atoms with van der Waals surface area (Å²) in [6.07, 6.45) is 6.86. The zero-order chi connectivity index (χ0) is 25.2. The Labute approximate surface area is 214 Å². The molecule has 2 aliphatic heterocycles. The first kappa shape index (κ1) is 23.1. The first-order valence-corrected chi connectivity index (χ1v) is 12.4. The fourth-order valence-electron chi connectivity index (χ4n) is 4.93. The van der Waals surface area contributed by atoms with Gasteiger partial charge >= 0.3 is 0 Å². The predicted molar refractivity (Wildman–Crippen MR) is 138 cm³/mol. The number of amides is 1. The lowest BCUT2D eigenvalue weighted by atomic mass is 9.86. The van der Waals surface area contributed by atoms with Gasteiger partial charge in [-0.3, -0.25) is 19.9 Å². The molecule has 0 unspecified atom stereocenters. The third-order valence-corrected chi connectivity index (χ3v) is 7.07. The van der Waals surface area contributed by atoms with E-state index in [1.165, 1.54) is 0 Å². The minimum atomic E-state index is -0.442. The number of benzene rings is 1. The van der Waals surface area contributed by atoms with Crippen molar-refractivity contribution in [3.8, 4) is 17.1 Å². The number of rotatable bonds is 6. The Morgan fingerprint density at radius 2 is 1.95 bits per heavy atom. The molecule has 1 fully saturated rings. The van der Waals surface area contributed by atoms with Crippen molar-refractivity contribution in [2.75, 3.05) is 32.1 Å². The van der Waals surface area contributed by atoms with E-state index in [-0.39, 0.29) is 11.9 Å². The van der Waals surface area contributed by atoms with E-state index in [0.29, 0.717) is 23.7 Å². The van der Waals surface area contributed by atoms with Gasteiger partial charge in [0.05, 0.1) is 5.54 Å². The van der Waals surface area contributed by atoms with E-state index in [4.69, 9.17) is 9.72 Å². The molecular formula is C27H28N8O2. The highest BCUT2D eigenvalue weighted by molar-refractivity contribution is 5.95. The highest BCUT2D eigenvalue weighted by Crippen LogP contribution is 2.35. The van der Waals surface area contributed by atoms with Gasteiger partial charge in [-0.15, -0.1) is 0 Å². The average Bonchev–Trinajstić information content (AvgIpc) is 3.59. The van der Waals surface area contributed by atoms with Crippen molar-refractivity contribution in [2.24, 2.45) is 0 Å². The highest BCUT2D eigenvalue weighted by atomic mass is 16.5. The van der Waals surface area contributed by atoms with Gasteiger partial charge in [0, 0.05) is 48.5 Å². The molecule has 0 radical (unpaired) electrons. The number of hydrogen-bond donors (Lipinski definition) is 3. The number of piperidine rings is 1. The van der Waals surface area contributed by atoms with Crippen LogP contribution in [-0.2, 0) is 5.54 Å². The van der Waals surface area contributed by atoms with Crippen LogP contribution in [0.4, 0.5) is 5.69 Å². The maximum absolute atomic E-state index is 13.1. The van der Waals surface area contributed by atoms with E-state index >= 15 is 0 Å². The molecule has 4 aromatic rings. The van der Waals surface area contributed by atoms with Crippen LogP contribution in [0.2, 0.25) is 0 Å². The van der Waals surface area contributed by atoms with E-state index in [9.17, 15) is 4.79 Å². The monoisotopic (exact) mass is 496 g/mol. The molecule has 3 aromatic heterocycles. The van der Waals surface area contributed by atoms with Crippen LogP contribution in [0.1, 0.15) is 40.8 Å². The largest absolute Gasteiger partial charge is 0.489 e. The summed E-state index contributed by atoms with van der Waals surface area (Å²) in [5.41, 5.74) is 2.63. The minimum absolute atomic E-state index is 0.173. The lowest BCUT2D eigenvalue weighted by Gasteiger charge is -2.40. The number of pyridine rings is 2. The van der Waals surface area contributed by atoms with Gasteiger partial charge in [0.15, 0.2) is 11.6 Å². The van der Waals surface area contributed by atoms with Crippen LogP contribution in [0.15, 0.2) is 67.1 Å². The molecule has 0 aliphatic carbocycles. The summed E-state index contributed by atoms with van der Waals surface area (Å²) < 4.78 is 5.66. The topological polar surface area (TPSA) is 121 Å². The van der Waals surface area contributed by atoms with Crippen molar-refractivity contribution in [1.82, 2.24) is 35.4 Å². The fourth-order valence-corrected chi connectivity index (χ4v) is 4.93. The molecule has 2 aliphatic rings. The summed E-state index contributed by atoms with van der Waals surface area (Å²) in [5.74, 6) is 1.96. The van der Waals surface area contributed by atoms with Crippen molar-refractivity contribution >= 4 is 11.6 Å². The van der Waals surface area contributed by atoms with Crippen LogP contribution in [0.5, 0.6) is 5.75 Å². The van der Waals surface area contributed by atoms with Crippen LogP contribution in [0.25, 0.3) is 11.4 Å². The summed E-state index contributed by atoms with van der Waals surface area (Å²) in [5, 5.41) is 14.4. The van der Waals surface area contributed by atoms with Gasteiger partial charge in [0.25, 0.3) is 5.91 Å². The number of carbonyl (C=O) groups is 1. The number of fused-ring (bicyclic) bond motifs is 1. The zero-order valence-corrected chi connectivity index (χ0v) is 20.5. The molecule has 0 bridgehead atoms. The Morgan fingerprint density at radius 3 is 2.78 bits per heavy atom. The van der Waals surface area contributed by atoms with Gasteiger partial charge in [0.2, 0.25) is 0 Å². The zero-order valence-electron chi connectivity index (χ0n) is 20.5. The highest BCUT2D eigenvalue weighted by Gasteiger charge is 2.39. The number of likely N-dealkylation sites (tertiary alicyclic amines) is 1. The Bertz CT molecular complexity index is 1400. The van der Waals surface area contributed by atoms with Gasteiger partial charge in [-0.05, 0) is 62.4 Å². The Morgan fingerprint density at radius 1 is 1.11 bits per heavy atom. The number of aromatic nitrogens is 5. The van der Waals surface area contributed by atoms with E-state index in [0.717, 1.165) is 48.7 Å². The molecule has 188 valence electrons. The molecule has 3 N–H and O–H groups in total. The maximum Gasteiger partial charge on any atom is 0.252 e. The molecule has 6 rings (SSSR count). The van der Waals surface area contributed by atoms with Crippen molar-refractivity contribution in [3.05, 3.63) is 84.2 Å². The van der Waals surface area contributed by atoms with Crippen molar-refractivity contribution in [2.45, 2.75) is 24.4 Å². The molecule has 0 saturated carbocycles. The SMILES string of the molecule is CN1CCC(Nc2cccc(C(=O)N[C@@H]3COc4cccnc43)c2)(c2nc(-c3ccncc3)n[nH]2)CC1. The fraction of sp³-hybridized carbons (Fsp3) is 0.296. The molecule has 1 amide bonds. The second-order valence-corrected chi connectivity index (χ2v) is 9.56. The van der Waals surface area contributed by atoms with Gasteiger partial charge < -0.3 is 20.3 Å². The first-order valence-electron chi connectivity index (χ1n) is 12.4. The summed E-state index contributed by atoms with van der Waals surface area (Å²) >= 11 is 0. The van der Waals surface area contributed by atoms with Gasteiger partial charge in [-0.1, -0.05) is 6.07 Å². The summed E-state index contributed by atoms with van der Waals surface area (Å²) in [6, 6.07) is 14.8. The summed E-state index contributed by atoms with van der Waals surface area (Å²) in [4.78, 5) is 28.8. The first-order chi connectivity index (χ1) is 18.1. The van der Waals surface area contributed by atoms with Crippen LogP contribution in [-0.4, -0.2) is 62.7 Å². The summed E-state index contributed by atoms with van der Waals surface area (Å²) in [7, 11) is 2.12. The molecule has 1 atom stereocenters. The van der Waals surface area contributed by atoms with Crippen LogP contribution in [0, 0.1) is 0 Å². The van der Waals surface area contributed by atoms with Crippen LogP contribution in [0.3, 0.4) is 0 Å². The number of nitrogens with zero attached hydrogens (tertiary/aromatic N) is 5. The van der Waals surface area contributed by atoms with Gasteiger partial charge in [-0.25, -0.2) is 4.98 Å². The van der Waals surface area contributed by atoms with Gasteiger partial charge in [-0.2, -0.15) is 5.10 Å². The predicted octanol–water partition coefficient (Wildman–Crippen LogP) is 3.16. The lowest BCUT2D eigenvalue weighted by molar-refractivity contribution is 0.0929. The molecule has 10 heteroatoms. The number of carbonyl (C=O) groups excluding carboxylic acids is 1. The lowest BCUT2D eigenvalue weighted by Crippen LogP contribution is -2.46. The molecule has 10 nitrogen and oxygen atoms in total. The van der Waals surface area contributed by atoms with E-state index in [1.54, 1.807) is 18.6 Å². The maximum atomic E-state index is 13.1. The van der Waals surface area contributed by atoms with E-state index in [2.05, 4.69) is 42.7 Å².